The molecular formula is C12H14N2. The van der Waals surface area contributed by atoms with E-state index in [0.717, 1.165) is 5.92 Å². The molecule has 0 aliphatic heterocycles. The van der Waals surface area contributed by atoms with Gasteiger partial charge in [0, 0.05) is 17.8 Å². The third kappa shape index (κ3) is 1.23. The van der Waals surface area contributed by atoms with E-state index in [0.29, 0.717) is 6.54 Å². The number of nitrogens with two attached hydrogens (primary N) is 1. The van der Waals surface area contributed by atoms with Gasteiger partial charge < -0.3 is 10.7 Å². The van der Waals surface area contributed by atoms with Gasteiger partial charge in [0.25, 0.3) is 0 Å². The van der Waals surface area contributed by atoms with Gasteiger partial charge in [0.05, 0.1) is 0 Å². The maximum Gasteiger partial charge on any atom is 0.0456 e. The minimum Gasteiger partial charge on any atom is -0.358 e. The topological polar surface area (TPSA) is 41.8 Å². The van der Waals surface area contributed by atoms with Crippen molar-refractivity contribution < 1.29 is 0 Å². The number of benzene rings is 1. The van der Waals surface area contributed by atoms with E-state index in [1.807, 2.05) is 0 Å². The van der Waals surface area contributed by atoms with Crippen LogP contribution in [0.3, 0.4) is 0 Å². The van der Waals surface area contributed by atoms with Gasteiger partial charge in [0.1, 0.15) is 0 Å². The molecule has 0 amide bonds. The monoisotopic (exact) mass is 186 g/mol. The highest BCUT2D eigenvalue weighted by Gasteiger charge is 2.24. The molecule has 1 aromatic heterocycles. The number of rotatable bonds is 2. The molecule has 0 spiro atoms. The Labute approximate surface area is 83.1 Å². The summed E-state index contributed by atoms with van der Waals surface area (Å²) in [7, 11) is 0. The van der Waals surface area contributed by atoms with Gasteiger partial charge in [0.2, 0.25) is 0 Å². The Morgan fingerprint density at radius 1 is 1.29 bits per heavy atom. The predicted molar refractivity (Wildman–Crippen MR) is 58.2 cm³/mol. The van der Waals surface area contributed by atoms with Crippen LogP contribution in [0.15, 0.2) is 24.3 Å². The predicted octanol–water partition coefficient (Wildman–Crippen LogP) is 2.50. The second kappa shape index (κ2) is 2.85. The number of aromatic nitrogens is 1. The molecule has 0 unspecified atom stereocenters. The summed E-state index contributed by atoms with van der Waals surface area (Å²) in [5, 5.41) is 1.30. The number of fused-ring (bicyclic) bond motifs is 1. The average Bonchev–Trinajstić information content (AvgIpc) is 2.97. The molecule has 72 valence electrons. The van der Waals surface area contributed by atoms with Crippen molar-refractivity contribution in [1.82, 2.24) is 4.98 Å². The molecule has 0 bridgehead atoms. The highest BCUT2D eigenvalue weighted by atomic mass is 14.7. The number of hydrogen-bond acceptors (Lipinski definition) is 1. The first-order valence-electron chi connectivity index (χ1n) is 5.18. The summed E-state index contributed by atoms with van der Waals surface area (Å²) < 4.78 is 0. The second-order valence-electron chi connectivity index (χ2n) is 4.12. The van der Waals surface area contributed by atoms with Crippen LogP contribution >= 0.6 is 0 Å². The molecule has 2 nitrogen and oxygen atoms in total. The van der Waals surface area contributed by atoms with Gasteiger partial charge in [-0.25, -0.2) is 0 Å². The van der Waals surface area contributed by atoms with E-state index >= 15 is 0 Å². The summed E-state index contributed by atoms with van der Waals surface area (Å²) in [6, 6.07) is 8.67. The lowest BCUT2D eigenvalue weighted by atomic mass is 10.1. The Bertz CT molecular complexity index is 466. The molecule has 1 aliphatic rings. The molecule has 1 fully saturated rings. The molecule has 0 radical (unpaired) electrons. The van der Waals surface area contributed by atoms with Crippen molar-refractivity contribution in [3.63, 3.8) is 0 Å². The fourth-order valence-electron chi connectivity index (χ4n) is 1.95. The molecular weight excluding hydrogens is 172 g/mol. The van der Waals surface area contributed by atoms with Crippen LogP contribution in [0.25, 0.3) is 10.9 Å². The van der Waals surface area contributed by atoms with Gasteiger partial charge in [-0.1, -0.05) is 6.07 Å². The summed E-state index contributed by atoms with van der Waals surface area (Å²) in [6.45, 7) is 0.625. The largest absolute Gasteiger partial charge is 0.358 e. The molecule has 2 heteroatoms. The fraction of sp³-hybridized carbons (Fsp3) is 0.333. The molecule has 2 aromatic rings. The molecule has 1 aromatic carbocycles. The third-order valence-electron chi connectivity index (χ3n) is 2.96. The zero-order chi connectivity index (χ0) is 9.54. The van der Waals surface area contributed by atoms with E-state index in [9.17, 15) is 0 Å². The van der Waals surface area contributed by atoms with Gasteiger partial charge in [-0.2, -0.15) is 0 Å². The summed E-state index contributed by atoms with van der Waals surface area (Å²) in [5.41, 5.74) is 9.45. The van der Waals surface area contributed by atoms with Crippen molar-refractivity contribution in [1.29, 1.82) is 0 Å². The third-order valence-corrected chi connectivity index (χ3v) is 2.96. The summed E-state index contributed by atoms with van der Waals surface area (Å²) in [6.07, 6.45) is 2.69. The van der Waals surface area contributed by atoms with Crippen molar-refractivity contribution in [2.75, 3.05) is 0 Å². The van der Waals surface area contributed by atoms with Crippen LogP contribution in [-0.2, 0) is 6.54 Å². The van der Waals surface area contributed by atoms with E-state index < -0.39 is 0 Å². The van der Waals surface area contributed by atoms with Gasteiger partial charge in [0.15, 0.2) is 0 Å². The van der Waals surface area contributed by atoms with Crippen LogP contribution < -0.4 is 5.73 Å². The fourth-order valence-corrected chi connectivity index (χ4v) is 1.95. The van der Waals surface area contributed by atoms with E-state index in [-0.39, 0.29) is 0 Å². The zero-order valence-corrected chi connectivity index (χ0v) is 8.09. The van der Waals surface area contributed by atoms with Gasteiger partial charge >= 0.3 is 0 Å². The summed E-state index contributed by atoms with van der Waals surface area (Å²) >= 11 is 0. The first-order valence-corrected chi connectivity index (χ1v) is 5.18. The Kier molecular flexibility index (Phi) is 1.64. The molecule has 0 atom stereocenters. The minimum atomic E-state index is 0.625. The second-order valence-corrected chi connectivity index (χ2v) is 4.12. The van der Waals surface area contributed by atoms with E-state index in [2.05, 4.69) is 29.2 Å². The molecule has 1 saturated carbocycles. The number of H-pyrrole nitrogens is 1. The van der Waals surface area contributed by atoms with Crippen LogP contribution in [0.2, 0.25) is 0 Å². The lowest BCUT2D eigenvalue weighted by Crippen LogP contribution is -1.94. The molecule has 3 N–H and O–H groups in total. The molecule has 14 heavy (non-hydrogen) atoms. The van der Waals surface area contributed by atoms with Gasteiger partial charge in [-0.15, -0.1) is 0 Å². The number of nitrogens with one attached hydrogen (secondary N) is 1. The van der Waals surface area contributed by atoms with Gasteiger partial charge in [-0.05, 0) is 47.9 Å². The minimum absolute atomic E-state index is 0.625. The van der Waals surface area contributed by atoms with Gasteiger partial charge in [-0.3, -0.25) is 0 Å². The standard InChI is InChI=1S/C12H14N2/c13-7-8-1-4-11-10(5-8)6-12(14-11)9-2-3-9/h1,4-6,9,14H,2-3,7,13H2. The van der Waals surface area contributed by atoms with E-state index in [1.165, 1.54) is 35.0 Å². The van der Waals surface area contributed by atoms with Crippen LogP contribution in [0, 0.1) is 0 Å². The normalized spacial score (nSPS) is 16.4. The van der Waals surface area contributed by atoms with Crippen molar-refractivity contribution in [2.45, 2.75) is 25.3 Å². The van der Waals surface area contributed by atoms with Crippen molar-refractivity contribution >= 4 is 10.9 Å². The first-order chi connectivity index (χ1) is 6.86. The van der Waals surface area contributed by atoms with Crippen LogP contribution in [0.5, 0.6) is 0 Å². The average molecular weight is 186 g/mol. The van der Waals surface area contributed by atoms with E-state index in [1.54, 1.807) is 0 Å². The molecule has 1 aliphatic carbocycles. The Balaban J connectivity index is 2.12. The quantitative estimate of drug-likeness (QED) is 0.743. The highest BCUT2D eigenvalue weighted by Crippen LogP contribution is 2.40. The number of aromatic amines is 1. The van der Waals surface area contributed by atoms with Crippen molar-refractivity contribution in [3.05, 3.63) is 35.5 Å². The first kappa shape index (κ1) is 8.06. The Morgan fingerprint density at radius 3 is 2.86 bits per heavy atom. The lowest BCUT2D eigenvalue weighted by Gasteiger charge is -1.95. The molecule has 3 rings (SSSR count). The van der Waals surface area contributed by atoms with Crippen LogP contribution in [-0.4, -0.2) is 4.98 Å². The SMILES string of the molecule is NCc1ccc2[nH]c(C3CC3)cc2c1. The molecule has 0 saturated heterocycles. The van der Waals surface area contributed by atoms with E-state index in [4.69, 9.17) is 5.73 Å². The van der Waals surface area contributed by atoms with Crippen LogP contribution in [0.1, 0.15) is 30.0 Å². The number of hydrogen-bond donors (Lipinski definition) is 2. The van der Waals surface area contributed by atoms with Crippen molar-refractivity contribution in [3.8, 4) is 0 Å². The van der Waals surface area contributed by atoms with Crippen molar-refractivity contribution in [2.24, 2.45) is 5.73 Å². The summed E-state index contributed by atoms with van der Waals surface area (Å²) in [4.78, 5) is 3.47. The smallest absolute Gasteiger partial charge is 0.0456 e. The Morgan fingerprint density at radius 2 is 2.14 bits per heavy atom. The van der Waals surface area contributed by atoms with Crippen LogP contribution in [0.4, 0.5) is 0 Å². The molecule has 1 heterocycles. The maximum atomic E-state index is 5.61. The zero-order valence-electron chi connectivity index (χ0n) is 8.09. The summed E-state index contributed by atoms with van der Waals surface area (Å²) in [5.74, 6) is 0.795. The Hall–Kier alpha value is -1.28. The maximum absolute atomic E-state index is 5.61. The lowest BCUT2D eigenvalue weighted by molar-refractivity contribution is 1.06. The highest BCUT2D eigenvalue weighted by molar-refractivity contribution is 5.81.